The molecule has 0 radical (unpaired) electrons. The lowest BCUT2D eigenvalue weighted by atomic mass is 10.1. The number of aryl methyl sites for hydroxylation is 2. The molecule has 0 amide bonds. The van der Waals surface area contributed by atoms with E-state index in [-0.39, 0.29) is 0 Å². The van der Waals surface area contributed by atoms with Gasteiger partial charge in [0.05, 0.1) is 19.9 Å². The Balaban J connectivity index is 1.73. The molecule has 5 heteroatoms. The largest absolute Gasteiger partial charge is 0.497 e. The second-order valence-electron chi connectivity index (χ2n) is 5.53. The van der Waals surface area contributed by atoms with Crippen LogP contribution in [-0.4, -0.2) is 24.4 Å². The summed E-state index contributed by atoms with van der Waals surface area (Å²) in [6.45, 7) is 0. The Labute approximate surface area is 135 Å². The summed E-state index contributed by atoms with van der Waals surface area (Å²) >= 11 is 6.12. The lowest BCUT2D eigenvalue weighted by molar-refractivity contribution is 0.391. The average molecular weight is 319 g/mol. The number of rotatable bonds is 6. The molecule has 116 valence electrons. The van der Waals surface area contributed by atoms with Crippen molar-refractivity contribution in [2.45, 2.75) is 31.6 Å². The minimum Gasteiger partial charge on any atom is -0.497 e. The molecular weight excluding hydrogens is 300 g/mol. The van der Waals surface area contributed by atoms with Crippen LogP contribution in [0.4, 0.5) is 0 Å². The summed E-state index contributed by atoms with van der Waals surface area (Å²) < 4.78 is 10.6. The van der Waals surface area contributed by atoms with Gasteiger partial charge in [0.2, 0.25) is 0 Å². The Morgan fingerprint density at radius 2 is 1.91 bits per heavy atom. The standard InChI is InChI=1S/C17H19ClN2O2/c1-21-14-8-6-12(16(10-14)22-2)5-7-13-9-15(11-3-4-11)17(18)20-19-13/h6,8-11H,3-5,7H2,1-2H3. The van der Waals surface area contributed by atoms with E-state index in [2.05, 4.69) is 16.3 Å². The number of ether oxygens (including phenoxy) is 2. The maximum atomic E-state index is 6.12. The van der Waals surface area contributed by atoms with E-state index < -0.39 is 0 Å². The fourth-order valence-electron chi connectivity index (χ4n) is 2.56. The first-order chi connectivity index (χ1) is 10.7. The van der Waals surface area contributed by atoms with Crippen molar-refractivity contribution in [3.63, 3.8) is 0 Å². The van der Waals surface area contributed by atoms with E-state index in [9.17, 15) is 0 Å². The second-order valence-corrected chi connectivity index (χ2v) is 5.89. The van der Waals surface area contributed by atoms with Gasteiger partial charge in [-0.15, -0.1) is 5.10 Å². The molecule has 22 heavy (non-hydrogen) atoms. The third-order valence-corrected chi connectivity index (χ3v) is 4.28. The molecule has 4 nitrogen and oxygen atoms in total. The highest BCUT2D eigenvalue weighted by Gasteiger charge is 2.27. The van der Waals surface area contributed by atoms with Gasteiger partial charge in [0.25, 0.3) is 0 Å². The summed E-state index contributed by atoms with van der Waals surface area (Å²) in [6, 6.07) is 7.98. The van der Waals surface area contributed by atoms with Gasteiger partial charge in [0.1, 0.15) is 11.5 Å². The Morgan fingerprint density at radius 1 is 1.09 bits per heavy atom. The van der Waals surface area contributed by atoms with Crippen molar-refractivity contribution in [1.29, 1.82) is 0 Å². The van der Waals surface area contributed by atoms with E-state index >= 15 is 0 Å². The molecule has 1 aliphatic rings. The van der Waals surface area contributed by atoms with Gasteiger partial charge >= 0.3 is 0 Å². The number of hydrogen-bond acceptors (Lipinski definition) is 4. The van der Waals surface area contributed by atoms with Gasteiger partial charge in [0, 0.05) is 6.07 Å². The number of hydrogen-bond donors (Lipinski definition) is 0. The summed E-state index contributed by atoms with van der Waals surface area (Å²) in [4.78, 5) is 0. The predicted octanol–water partition coefficient (Wildman–Crippen LogP) is 3.81. The maximum absolute atomic E-state index is 6.12. The van der Waals surface area contributed by atoms with Crippen LogP contribution in [0.1, 0.15) is 35.6 Å². The van der Waals surface area contributed by atoms with Gasteiger partial charge in [-0.1, -0.05) is 17.7 Å². The van der Waals surface area contributed by atoms with Gasteiger partial charge in [-0.3, -0.25) is 0 Å². The number of halogens is 1. The first kappa shape index (κ1) is 15.1. The number of benzene rings is 1. The Morgan fingerprint density at radius 3 is 2.59 bits per heavy atom. The van der Waals surface area contributed by atoms with Crippen LogP contribution in [0, 0.1) is 0 Å². The first-order valence-corrected chi connectivity index (χ1v) is 7.82. The quantitative estimate of drug-likeness (QED) is 0.812. The minimum atomic E-state index is 0.549. The van der Waals surface area contributed by atoms with Crippen LogP contribution in [0.5, 0.6) is 11.5 Å². The molecular formula is C17H19ClN2O2. The Kier molecular flexibility index (Phi) is 4.48. The molecule has 0 aliphatic heterocycles. The van der Waals surface area contributed by atoms with Crippen LogP contribution in [0.2, 0.25) is 5.15 Å². The molecule has 2 aromatic rings. The lowest BCUT2D eigenvalue weighted by Crippen LogP contribution is -2.01. The predicted molar refractivity (Wildman–Crippen MR) is 86.0 cm³/mol. The number of nitrogens with zero attached hydrogens (tertiary/aromatic N) is 2. The van der Waals surface area contributed by atoms with Gasteiger partial charge < -0.3 is 9.47 Å². The molecule has 0 atom stereocenters. The second kappa shape index (κ2) is 6.53. The summed E-state index contributed by atoms with van der Waals surface area (Å²) in [5, 5.41) is 8.84. The highest BCUT2D eigenvalue weighted by molar-refractivity contribution is 6.30. The Bertz CT molecular complexity index is 672. The molecule has 1 aromatic carbocycles. The molecule has 0 N–H and O–H groups in total. The summed E-state index contributed by atoms with van der Waals surface area (Å²) in [5.74, 6) is 2.21. The topological polar surface area (TPSA) is 44.2 Å². The van der Waals surface area contributed by atoms with E-state index in [0.29, 0.717) is 11.1 Å². The fourth-order valence-corrected chi connectivity index (χ4v) is 2.80. The van der Waals surface area contributed by atoms with Crippen molar-refractivity contribution in [2.75, 3.05) is 14.2 Å². The van der Waals surface area contributed by atoms with Gasteiger partial charge in [-0.25, -0.2) is 0 Å². The molecule has 1 aliphatic carbocycles. The van der Waals surface area contributed by atoms with Crippen LogP contribution in [-0.2, 0) is 12.8 Å². The maximum Gasteiger partial charge on any atom is 0.155 e. The third-order valence-electron chi connectivity index (χ3n) is 3.99. The Hall–Kier alpha value is -1.81. The SMILES string of the molecule is COc1ccc(CCc2cc(C3CC3)c(Cl)nn2)c(OC)c1. The lowest BCUT2D eigenvalue weighted by Gasteiger charge is -2.10. The summed E-state index contributed by atoms with van der Waals surface area (Å²) in [7, 11) is 3.32. The number of methoxy groups -OCH3 is 2. The zero-order valence-corrected chi connectivity index (χ0v) is 13.6. The monoisotopic (exact) mass is 318 g/mol. The molecule has 0 saturated heterocycles. The minimum absolute atomic E-state index is 0.549. The van der Waals surface area contributed by atoms with E-state index in [1.54, 1.807) is 14.2 Å². The van der Waals surface area contributed by atoms with Crippen molar-refractivity contribution in [3.05, 3.63) is 46.2 Å². The molecule has 0 bridgehead atoms. The summed E-state index contributed by atoms with van der Waals surface area (Å²) in [6.07, 6.45) is 4.06. The van der Waals surface area contributed by atoms with E-state index in [1.165, 1.54) is 12.8 Å². The highest BCUT2D eigenvalue weighted by atomic mass is 35.5. The average Bonchev–Trinajstić information content (AvgIpc) is 3.38. The van der Waals surface area contributed by atoms with Crippen molar-refractivity contribution < 1.29 is 9.47 Å². The fraction of sp³-hybridized carbons (Fsp3) is 0.412. The molecule has 0 spiro atoms. The number of aromatic nitrogens is 2. The van der Waals surface area contributed by atoms with Gasteiger partial charge in [0.15, 0.2) is 5.15 Å². The third kappa shape index (κ3) is 3.33. The molecule has 3 rings (SSSR count). The molecule has 0 unspecified atom stereocenters. The summed E-state index contributed by atoms with van der Waals surface area (Å²) in [5.41, 5.74) is 3.26. The van der Waals surface area contributed by atoms with Crippen LogP contribution in [0.25, 0.3) is 0 Å². The smallest absolute Gasteiger partial charge is 0.155 e. The molecule has 1 saturated carbocycles. The van der Waals surface area contributed by atoms with Crippen molar-refractivity contribution in [1.82, 2.24) is 10.2 Å². The highest BCUT2D eigenvalue weighted by Crippen LogP contribution is 2.42. The van der Waals surface area contributed by atoms with E-state index in [4.69, 9.17) is 21.1 Å². The molecule has 1 heterocycles. The first-order valence-electron chi connectivity index (χ1n) is 7.44. The van der Waals surface area contributed by atoms with E-state index in [1.807, 2.05) is 18.2 Å². The van der Waals surface area contributed by atoms with Crippen LogP contribution >= 0.6 is 11.6 Å². The molecule has 1 aromatic heterocycles. The normalized spacial score (nSPS) is 14.0. The van der Waals surface area contributed by atoms with Crippen LogP contribution in [0.15, 0.2) is 24.3 Å². The van der Waals surface area contributed by atoms with Gasteiger partial charge in [-0.05, 0) is 54.9 Å². The van der Waals surface area contributed by atoms with Crippen molar-refractivity contribution in [3.8, 4) is 11.5 Å². The zero-order valence-electron chi connectivity index (χ0n) is 12.8. The van der Waals surface area contributed by atoms with Crippen molar-refractivity contribution >= 4 is 11.6 Å². The molecule has 1 fully saturated rings. The van der Waals surface area contributed by atoms with Crippen LogP contribution < -0.4 is 9.47 Å². The van der Waals surface area contributed by atoms with E-state index in [0.717, 1.165) is 41.2 Å². The zero-order chi connectivity index (χ0) is 15.5. The van der Waals surface area contributed by atoms with Crippen LogP contribution in [0.3, 0.4) is 0 Å². The van der Waals surface area contributed by atoms with Gasteiger partial charge in [-0.2, -0.15) is 5.10 Å². The van der Waals surface area contributed by atoms with Crippen molar-refractivity contribution in [2.24, 2.45) is 0 Å².